The van der Waals surface area contributed by atoms with Crippen LogP contribution in [0.5, 0.6) is 0 Å². The minimum Gasteiger partial charge on any atom is -0.343 e. The highest BCUT2D eigenvalue weighted by atomic mass is 16.2. The fourth-order valence-corrected chi connectivity index (χ4v) is 5.86. The maximum Gasteiger partial charge on any atom is 0.245 e. The zero-order chi connectivity index (χ0) is 35.9. The number of nitrogens with zero attached hydrogens (tertiary/aromatic N) is 3. The Hall–Kier alpha value is -2.79. The van der Waals surface area contributed by atoms with Gasteiger partial charge < -0.3 is 20.0 Å². The number of rotatable bonds is 30. The molecule has 1 aliphatic heterocycles. The maximum atomic E-state index is 13.7. The molecular weight excluding hydrogens is 612 g/mol. The summed E-state index contributed by atoms with van der Waals surface area (Å²) in [7, 11) is 0. The van der Waals surface area contributed by atoms with E-state index in [1.54, 1.807) is 11.8 Å². The van der Waals surface area contributed by atoms with Gasteiger partial charge in [-0.25, -0.2) is 0 Å². The molecule has 0 aliphatic carbocycles. The van der Waals surface area contributed by atoms with Gasteiger partial charge in [-0.2, -0.15) is 0 Å². The van der Waals surface area contributed by atoms with E-state index < -0.39 is 12.1 Å². The van der Waals surface area contributed by atoms with Crippen LogP contribution in [0.3, 0.4) is 0 Å². The van der Waals surface area contributed by atoms with Crippen molar-refractivity contribution in [3.63, 3.8) is 0 Å². The monoisotopic (exact) mass is 676 g/mol. The molecule has 0 saturated carbocycles. The van der Waals surface area contributed by atoms with E-state index in [0.29, 0.717) is 123 Å². The van der Waals surface area contributed by atoms with Crippen LogP contribution in [0.15, 0.2) is 0 Å². The quantitative estimate of drug-likeness (QED) is 0.109. The molecule has 0 aromatic rings. The number of carbonyl (C=O) groups excluding carboxylic acids is 7. The van der Waals surface area contributed by atoms with Gasteiger partial charge in [0.1, 0.15) is 41.0 Å². The Kier molecular flexibility index (Phi) is 22.7. The first-order valence-corrected chi connectivity index (χ1v) is 18.6. The van der Waals surface area contributed by atoms with Crippen LogP contribution in [0.1, 0.15) is 137 Å². The molecule has 11 nitrogen and oxygen atoms in total. The molecule has 0 radical (unpaired) electrons. The van der Waals surface area contributed by atoms with Crippen LogP contribution in [0.4, 0.5) is 0 Å². The molecule has 0 spiro atoms. The predicted molar refractivity (Wildman–Crippen MR) is 188 cm³/mol. The molecule has 0 aromatic carbocycles. The van der Waals surface area contributed by atoms with Crippen molar-refractivity contribution in [1.29, 1.82) is 0 Å². The van der Waals surface area contributed by atoms with Crippen molar-refractivity contribution in [3.05, 3.63) is 0 Å². The smallest absolute Gasteiger partial charge is 0.245 e. The number of ketones is 5. The molecule has 1 saturated heterocycles. The Morgan fingerprint density at radius 2 is 0.917 bits per heavy atom. The molecule has 274 valence electrons. The third-order valence-electron chi connectivity index (χ3n) is 9.43. The van der Waals surface area contributed by atoms with Crippen LogP contribution in [0.2, 0.25) is 0 Å². The Balaban J connectivity index is 2.79. The summed E-state index contributed by atoms with van der Waals surface area (Å²) in [5, 5.41) is 2.96. The van der Waals surface area contributed by atoms with Gasteiger partial charge >= 0.3 is 0 Å². The normalized spacial score (nSPS) is 16.4. The number of nitrogens with one attached hydrogen (secondary N) is 1. The Labute approximate surface area is 289 Å². The van der Waals surface area contributed by atoms with E-state index in [1.165, 1.54) is 0 Å². The van der Waals surface area contributed by atoms with E-state index in [2.05, 4.69) is 15.1 Å². The van der Waals surface area contributed by atoms with Gasteiger partial charge in [0, 0.05) is 96.9 Å². The summed E-state index contributed by atoms with van der Waals surface area (Å²) in [6, 6.07) is -1.29. The van der Waals surface area contributed by atoms with Gasteiger partial charge in [-0.3, -0.25) is 33.6 Å². The van der Waals surface area contributed by atoms with E-state index in [9.17, 15) is 33.6 Å². The van der Waals surface area contributed by atoms with E-state index in [-0.39, 0.29) is 53.7 Å². The van der Waals surface area contributed by atoms with E-state index >= 15 is 0 Å². The van der Waals surface area contributed by atoms with Crippen molar-refractivity contribution in [2.75, 3.05) is 45.8 Å². The number of Topliss-reactive ketones (excluding diaryl/α,β-unsaturated/α-hetero) is 5. The summed E-state index contributed by atoms with van der Waals surface area (Å²) in [6.07, 6.45) is 8.23. The molecule has 1 fully saturated rings. The van der Waals surface area contributed by atoms with Crippen molar-refractivity contribution in [2.45, 2.75) is 149 Å². The van der Waals surface area contributed by atoms with Gasteiger partial charge in [-0.05, 0) is 51.6 Å². The van der Waals surface area contributed by atoms with Crippen LogP contribution in [-0.2, 0) is 33.6 Å². The van der Waals surface area contributed by atoms with E-state index in [4.69, 9.17) is 0 Å². The number of amides is 2. The summed E-state index contributed by atoms with van der Waals surface area (Å²) < 4.78 is 0. The number of unbranched alkanes of at least 4 members (excludes halogenated alkanes) is 2. The molecule has 48 heavy (non-hydrogen) atoms. The van der Waals surface area contributed by atoms with Gasteiger partial charge in [0.25, 0.3) is 0 Å². The number of piperazine rings is 1. The molecule has 2 unspecified atom stereocenters. The molecule has 1 rings (SSSR count). The number of hydrogen-bond donors (Lipinski definition) is 1. The van der Waals surface area contributed by atoms with Gasteiger partial charge in [0.15, 0.2) is 0 Å². The Morgan fingerprint density at radius 1 is 0.542 bits per heavy atom. The number of carbonyl (C=O) groups is 7. The second-order valence-corrected chi connectivity index (χ2v) is 13.0. The first-order valence-electron chi connectivity index (χ1n) is 18.6. The lowest BCUT2D eigenvalue weighted by atomic mass is 9.98. The molecule has 1 N–H and O–H groups in total. The maximum absolute atomic E-state index is 13.7. The first kappa shape index (κ1) is 43.2. The van der Waals surface area contributed by atoms with Crippen LogP contribution in [0, 0.1) is 0 Å². The van der Waals surface area contributed by atoms with Gasteiger partial charge in [-0.15, -0.1) is 0 Å². The van der Waals surface area contributed by atoms with Crippen molar-refractivity contribution < 1.29 is 33.6 Å². The van der Waals surface area contributed by atoms with E-state index in [0.717, 1.165) is 12.8 Å². The molecule has 11 heteroatoms. The highest BCUT2D eigenvalue weighted by Crippen LogP contribution is 2.20. The average Bonchev–Trinajstić information content (AvgIpc) is 3.09. The van der Waals surface area contributed by atoms with Crippen LogP contribution in [0.25, 0.3) is 0 Å². The summed E-state index contributed by atoms with van der Waals surface area (Å²) in [4.78, 5) is 92.8. The molecular formula is C37H64N4O7. The molecule has 0 bridgehead atoms. The lowest BCUT2D eigenvalue weighted by molar-refractivity contribution is -0.150. The second kappa shape index (κ2) is 25.2. The Morgan fingerprint density at radius 3 is 1.31 bits per heavy atom. The zero-order valence-electron chi connectivity index (χ0n) is 30.6. The highest BCUT2D eigenvalue weighted by Gasteiger charge is 2.39. The fraction of sp³-hybridized carbons (Fsp3) is 0.811. The molecule has 1 heterocycles. The minimum atomic E-state index is -0.648. The summed E-state index contributed by atoms with van der Waals surface area (Å²) in [5.41, 5.74) is 0. The van der Waals surface area contributed by atoms with Crippen molar-refractivity contribution >= 4 is 40.7 Å². The van der Waals surface area contributed by atoms with E-state index in [1.807, 2.05) is 27.7 Å². The summed E-state index contributed by atoms with van der Waals surface area (Å²) in [6.45, 7) is 13.2. The lowest BCUT2D eigenvalue weighted by Crippen LogP contribution is -2.63. The van der Waals surface area contributed by atoms with Crippen molar-refractivity contribution in [1.82, 2.24) is 20.0 Å². The summed E-state index contributed by atoms with van der Waals surface area (Å²) >= 11 is 0. The van der Waals surface area contributed by atoms with Crippen LogP contribution < -0.4 is 5.32 Å². The molecule has 2 amide bonds. The third kappa shape index (κ3) is 17.6. The molecule has 1 aliphatic rings. The summed E-state index contributed by atoms with van der Waals surface area (Å²) in [5.74, 6) is 0.466. The minimum absolute atomic E-state index is 0.0474. The highest BCUT2D eigenvalue weighted by molar-refractivity contribution is 5.97. The first-order chi connectivity index (χ1) is 23.0. The fourth-order valence-electron chi connectivity index (χ4n) is 5.86. The topological polar surface area (TPSA) is 141 Å². The van der Waals surface area contributed by atoms with Crippen LogP contribution in [-0.4, -0.2) is 113 Å². The predicted octanol–water partition coefficient (Wildman–Crippen LogP) is 4.47. The van der Waals surface area contributed by atoms with Gasteiger partial charge in [0.05, 0.1) is 0 Å². The number of hydrogen-bond acceptors (Lipinski definition) is 9. The largest absolute Gasteiger partial charge is 0.343 e. The van der Waals surface area contributed by atoms with Crippen molar-refractivity contribution in [3.8, 4) is 0 Å². The molecule has 0 aromatic heterocycles. The van der Waals surface area contributed by atoms with Gasteiger partial charge in [0.2, 0.25) is 11.8 Å². The van der Waals surface area contributed by atoms with Crippen LogP contribution >= 0.6 is 0 Å². The molecule has 2 atom stereocenters. The second-order valence-electron chi connectivity index (χ2n) is 13.0. The average molecular weight is 677 g/mol. The Bertz CT molecular complexity index is 1010. The zero-order valence-corrected chi connectivity index (χ0v) is 30.6. The standard InChI is InChI=1S/C37H64N4O7/c1-6-29(42)17-24-39(25-18-30(43)7-2)22-13-11-15-34-37(48)41(28-21-33(46)10-5)35(36(47)38-34)16-12-14-23-40(26-19-31(44)8-3)27-20-32(45)9-4/h34-35H,6-28H2,1-5H3,(H,38,47). The third-order valence-corrected chi connectivity index (χ3v) is 9.43. The van der Waals surface area contributed by atoms with Crippen molar-refractivity contribution in [2.24, 2.45) is 0 Å². The SMILES string of the molecule is CCC(=O)CCN(CCCCC1NC(=O)C(CCCCN(CCC(=O)CC)CCC(=O)CC)N(CCC(=O)CC)C1=O)CCC(=O)CC. The van der Waals surface area contributed by atoms with Gasteiger partial charge in [-0.1, -0.05) is 34.6 Å². The lowest BCUT2D eigenvalue weighted by Gasteiger charge is -2.39.